The van der Waals surface area contributed by atoms with Gasteiger partial charge >= 0.3 is 0 Å². The van der Waals surface area contributed by atoms with Crippen molar-refractivity contribution in [1.29, 1.82) is 0 Å². The molecule has 0 radical (unpaired) electrons. The van der Waals surface area contributed by atoms with Crippen molar-refractivity contribution in [3.05, 3.63) is 0 Å². The number of hydrogen-bond acceptors (Lipinski definition) is 2. The van der Waals surface area contributed by atoms with Gasteiger partial charge < -0.3 is 5.32 Å². The third kappa shape index (κ3) is 1.90. The van der Waals surface area contributed by atoms with Gasteiger partial charge in [0.15, 0.2) is 0 Å². The summed E-state index contributed by atoms with van der Waals surface area (Å²) in [6, 6.07) is 0. The highest BCUT2D eigenvalue weighted by molar-refractivity contribution is 8.00. The van der Waals surface area contributed by atoms with Crippen LogP contribution in [0.15, 0.2) is 0 Å². The summed E-state index contributed by atoms with van der Waals surface area (Å²) in [5, 5.41) is 3.09. The number of carbonyl (C=O) groups is 1. The summed E-state index contributed by atoms with van der Waals surface area (Å²) in [7, 11) is 0. The predicted octanol–water partition coefficient (Wildman–Crippen LogP) is 1.02. The highest BCUT2D eigenvalue weighted by atomic mass is 32.2. The molecule has 1 atom stereocenters. The van der Waals surface area contributed by atoms with Crippen LogP contribution in [0.1, 0.15) is 19.8 Å². The molecule has 3 heteroatoms. The Balaban J connectivity index is 2.32. The van der Waals surface area contributed by atoms with Crippen LogP contribution in [0, 0.1) is 0 Å². The highest BCUT2D eigenvalue weighted by Gasteiger charge is 2.20. The van der Waals surface area contributed by atoms with Crippen LogP contribution in [0.25, 0.3) is 0 Å². The molecule has 58 valence electrons. The van der Waals surface area contributed by atoms with Gasteiger partial charge in [0.1, 0.15) is 0 Å². The van der Waals surface area contributed by atoms with Gasteiger partial charge in [0.05, 0.1) is 5.25 Å². The Morgan fingerprint density at radius 3 is 3.20 bits per heavy atom. The Morgan fingerprint density at radius 1 is 1.80 bits per heavy atom. The molecule has 1 aliphatic rings. The molecular weight excluding hydrogens is 146 g/mol. The van der Waals surface area contributed by atoms with E-state index in [1.165, 1.54) is 0 Å². The van der Waals surface area contributed by atoms with Gasteiger partial charge in [0.25, 0.3) is 0 Å². The minimum atomic E-state index is 0.234. The summed E-state index contributed by atoms with van der Waals surface area (Å²) in [4.78, 5) is 11.1. The molecule has 0 saturated carbocycles. The van der Waals surface area contributed by atoms with E-state index in [2.05, 4.69) is 12.2 Å². The molecule has 0 aromatic heterocycles. The van der Waals surface area contributed by atoms with E-state index in [0.29, 0.717) is 0 Å². The van der Waals surface area contributed by atoms with Gasteiger partial charge in [-0.15, -0.1) is 11.8 Å². The first-order valence-electron chi connectivity index (χ1n) is 3.74. The van der Waals surface area contributed by atoms with Gasteiger partial charge in [0.2, 0.25) is 5.91 Å². The van der Waals surface area contributed by atoms with Crippen molar-refractivity contribution in [1.82, 2.24) is 5.32 Å². The van der Waals surface area contributed by atoms with Crippen molar-refractivity contribution >= 4 is 17.7 Å². The number of carbonyl (C=O) groups excluding carboxylic acids is 1. The second-order valence-corrected chi connectivity index (χ2v) is 3.75. The molecule has 1 saturated heterocycles. The molecule has 0 aromatic carbocycles. The van der Waals surface area contributed by atoms with E-state index in [4.69, 9.17) is 0 Å². The summed E-state index contributed by atoms with van der Waals surface area (Å²) in [6.07, 6.45) is 2.13. The van der Waals surface area contributed by atoms with Gasteiger partial charge in [-0.05, 0) is 6.42 Å². The van der Waals surface area contributed by atoms with E-state index in [1.807, 2.05) is 0 Å². The van der Waals surface area contributed by atoms with E-state index >= 15 is 0 Å². The van der Waals surface area contributed by atoms with Crippen LogP contribution in [0.2, 0.25) is 0 Å². The fraction of sp³-hybridized carbons (Fsp3) is 0.857. The zero-order chi connectivity index (χ0) is 7.40. The second kappa shape index (κ2) is 3.86. The smallest absolute Gasteiger partial charge is 0.233 e. The first-order valence-corrected chi connectivity index (χ1v) is 4.78. The number of amides is 1. The summed E-state index contributed by atoms with van der Waals surface area (Å²) in [5.41, 5.74) is 0. The fourth-order valence-electron chi connectivity index (χ4n) is 1.04. The van der Waals surface area contributed by atoms with Gasteiger partial charge in [-0.2, -0.15) is 0 Å². The lowest BCUT2D eigenvalue weighted by Crippen LogP contribution is -2.39. The van der Waals surface area contributed by atoms with E-state index in [0.717, 1.165) is 25.1 Å². The van der Waals surface area contributed by atoms with Gasteiger partial charge in [-0.3, -0.25) is 4.79 Å². The third-order valence-electron chi connectivity index (χ3n) is 1.56. The lowest BCUT2D eigenvalue weighted by molar-refractivity contribution is -0.120. The summed E-state index contributed by atoms with van der Waals surface area (Å²) in [5.74, 6) is 1.31. The number of hydrogen-bond donors (Lipinski definition) is 1. The fourth-order valence-corrected chi connectivity index (χ4v) is 2.18. The molecule has 0 bridgehead atoms. The van der Waals surface area contributed by atoms with E-state index in [-0.39, 0.29) is 11.2 Å². The Morgan fingerprint density at radius 2 is 2.60 bits per heavy atom. The first kappa shape index (κ1) is 7.92. The molecular formula is C7H13NOS. The summed E-state index contributed by atoms with van der Waals surface area (Å²) >= 11 is 1.78. The maximum atomic E-state index is 11.1. The molecule has 1 heterocycles. The van der Waals surface area contributed by atoms with Crippen LogP contribution in [0.4, 0.5) is 0 Å². The Kier molecular flexibility index (Phi) is 3.06. The Hall–Kier alpha value is -0.180. The first-order chi connectivity index (χ1) is 4.84. The zero-order valence-corrected chi connectivity index (χ0v) is 7.04. The molecule has 1 rings (SSSR count). The second-order valence-electron chi connectivity index (χ2n) is 2.44. The van der Waals surface area contributed by atoms with Crippen molar-refractivity contribution < 1.29 is 4.79 Å². The quantitative estimate of drug-likeness (QED) is 0.651. The average molecular weight is 159 g/mol. The molecule has 1 fully saturated rings. The van der Waals surface area contributed by atoms with Gasteiger partial charge in [-0.1, -0.05) is 13.3 Å². The molecule has 0 aromatic rings. The molecule has 1 unspecified atom stereocenters. The largest absolute Gasteiger partial charge is 0.354 e. The van der Waals surface area contributed by atoms with E-state index in [9.17, 15) is 4.79 Å². The highest BCUT2D eigenvalue weighted by Crippen LogP contribution is 2.18. The molecule has 0 spiro atoms. The molecule has 1 aliphatic heterocycles. The minimum Gasteiger partial charge on any atom is -0.354 e. The Bertz CT molecular complexity index is 125. The van der Waals surface area contributed by atoms with Crippen LogP contribution >= 0.6 is 11.8 Å². The van der Waals surface area contributed by atoms with Crippen LogP contribution in [-0.4, -0.2) is 23.5 Å². The van der Waals surface area contributed by atoms with E-state index < -0.39 is 0 Å². The summed E-state index contributed by atoms with van der Waals surface area (Å²) < 4.78 is 0. The van der Waals surface area contributed by atoms with Crippen molar-refractivity contribution in [2.24, 2.45) is 0 Å². The standard InChI is InChI=1S/C7H13NOS/c1-2-3-6-7(9)8-4-5-10-6/h6H,2-5H2,1H3,(H,8,9). The molecule has 1 amide bonds. The SMILES string of the molecule is CCCC1SCCNC1=O. The lowest BCUT2D eigenvalue weighted by atomic mass is 10.2. The van der Waals surface area contributed by atoms with Gasteiger partial charge in [-0.25, -0.2) is 0 Å². The third-order valence-corrected chi connectivity index (χ3v) is 2.86. The Labute approximate surface area is 65.8 Å². The maximum Gasteiger partial charge on any atom is 0.233 e. The number of thioether (sulfide) groups is 1. The van der Waals surface area contributed by atoms with Crippen molar-refractivity contribution in [3.8, 4) is 0 Å². The molecule has 2 nitrogen and oxygen atoms in total. The van der Waals surface area contributed by atoms with Crippen LogP contribution in [-0.2, 0) is 4.79 Å². The lowest BCUT2D eigenvalue weighted by Gasteiger charge is -2.20. The van der Waals surface area contributed by atoms with Crippen molar-refractivity contribution in [3.63, 3.8) is 0 Å². The monoisotopic (exact) mass is 159 g/mol. The maximum absolute atomic E-state index is 11.1. The van der Waals surface area contributed by atoms with Gasteiger partial charge in [0, 0.05) is 12.3 Å². The number of nitrogens with one attached hydrogen (secondary N) is 1. The van der Waals surface area contributed by atoms with Crippen molar-refractivity contribution in [2.75, 3.05) is 12.3 Å². The predicted molar refractivity (Wildman–Crippen MR) is 44.2 cm³/mol. The molecule has 1 N–H and O–H groups in total. The van der Waals surface area contributed by atoms with Crippen molar-refractivity contribution in [2.45, 2.75) is 25.0 Å². The number of rotatable bonds is 2. The minimum absolute atomic E-state index is 0.234. The van der Waals surface area contributed by atoms with Crippen LogP contribution in [0.5, 0.6) is 0 Å². The zero-order valence-electron chi connectivity index (χ0n) is 6.22. The average Bonchev–Trinajstić information content (AvgIpc) is 1.94. The molecule has 10 heavy (non-hydrogen) atoms. The topological polar surface area (TPSA) is 29.1 Å². The van der Waals surface area contributed by atoms with E-state index in [1.54, 1.807) is 11.8 Å². The summed E-state index contributed by atoms with van der Waals surface area (Å²) in [6.45, 7) is 2.96. The van der Waals surface area contributed by atoms with Crippen LogP contribution in [0.3, 0.4) is 0 Å². The van der Waals surface area contributed by atoms with Crippen LogP contribution < -0.4 is 5.32 Å². The molecule has 0 aliphatic carbocycles. The normalized spacial score (nSPS) is 26.1.